The fourth-order valence-electron chi connectivity index (χ4n) is 2.53. The molecule has 0 unspecified atom stereocenters. The number of aromatic nitrogens is 3. The molecule has 1 saturated carbocycles. The van der Waals surface area contributed by atoms with Crippen molar-refractivity contribution in [2.45, 2.75) is 51.6 Å². The third-order valence-corrected chi connectivity index (χ3v) is 4.79. The van der Waals surface area contributed by atoms with Crippen LogP contribution in [0.25, 0.3) is 10.7 Å². The lowest BCUT2D eigenvalue weighted by atomic mass is 10.2. The van der Waals surface area contributed by atoms with Crippen LogP contribution in [-0.4, -0.2) is 26.8 Å². The molecule has 1 aliphatic rings. The Kier molecular flexibility index (Phi) is 4.95. The van der Waals surface area contributed by atoms with Crippen LogP contribution in [0, 0.1) is 0 Å². The van der Waals surface area contributed by atoms with E-state index in [9.17, 15) is 9.59 Å². The van der Waals surface area contributed by atoms with Gasteiger partial charge in [0.2, 0.25) is 5.91 Å². The molecule has 6 nitrogen and oxygen atoms in total. The Balaban J connectivity index is 1.69. The van der Waals surface area contributed by atoms with Crippen molar-refractivity contribution in [3.63, 3.8) is 0 Å². The van der Waals surface area contributed by atoms with E-state index in [1.54, 1.807) is 11.3 Å². The van der Waals surface area contributed by atoms with Gasteiger partial charge in [0.05, 0.1) is 11.4 Å². The molecule has 3 rings (SSSR count). The molecule has 7 heteroatoms. The number of hydrogen-bond donors (Lipinski definition) is 1. The average molecular weight is 334 g/mol. The largest absolute Gasteiger partial charge is 0.354 e. The van der Waals surface area contributed by atoms with Crippen LogP contribution in [0.3, 0.4) is 0 Å². The molecule has 0 aromatic carbocycles. The van der Waals surface area contributed by atoms with Gasteiger partial charge < -0.3 is 5.32 Å². The van der Waals surface area contributed by atoms with Crippen molar-refractivity contribution in [1.82, 2.24) is 19.7 Å². The molecule has 1 N–H and O–H groups in total. The second-order valence-corrected chi connectivity index (χ2v) is 6.81. The van der Waals surface area contributed by atoms with Crippen molar-refractivity contribution < 1.29 is 4.79 Å². The zero-order chi connectivity index (χ0) is 16.2. The van der Waals surface area contributed by atoms with E-state index in [0.717, 1.165) is 36.4 Å². The van der Waals surface area contributed by atoms with Crippen LogP contribution >= 0.6 is 11.3 Å². The summed E-state index contributed by atoms with van der Waals surface area (Å²) < 4.78 is 3.29. The first-order chi connectivity index (χ1) is 11.2. The molecule has 1 aliphatic carbocycles. The first-order valence-corrected chi connectivity index (χ1v) is 9.08. The summed E-state index contributed by atoms with van der Waals surface area (Å²) >= 11 is 1.59. The fourth-order valence-corrected chi connectivity index (χ4v) is 3.23. The molecule has 1 fully saturated rings. The number of hydrogen-bond acceptors (Lipinski definition) is 4. The van der Waals surface area contributed by atoms with Crippen LogP contribution in [0.15, 0.2) is 22.3 Å². The lowest BCUT2D eigenvalue weighted by molar-refractivity contribution is -0.121. The number of nitrogens with zero attached hydrogens (tertiary/aromatic N) is 3. The third-order valence-electron chi connectivity index (χ3n) is 3.93. The Morgan fingerprint density at radius 3 is 2.96 bits per heavy atom. The van der Waals surface area contributed by atoms with Gasteiger partial charge in [-0.15, -0.1) is 16.4 Å². The lowest BCUT2D eigenvalue weighted by Gasteiger charge is -2.03. The number of rotatable bonds is 8. The topological polar surface area (TPSA) is 68.9 Å². The Hall–Kier alpha value is -1.89. The molecule has 2 heterocycles. The van der Waals surface area contributed by atoms with Crippen molar-refractivity contribution >= 4 is 17.2 Å². The van der Waals surface area contributed by atoms with E-state index in [1.165, 1.54) is 4.68 Å². The van der Waals surface area contributed by atoms with Crippen molar-refractivity contribution in [3.05, 3.63) is 28.0 Å². The number of carbonyl (C=O) groups excluding carboxylic acids is 1. The van der Waals surface area contributed by atoms with Crippen molar-refractivity contribution in [2.75, 3.05) is 6.54 Å². The summed E-state index contributed by atoms with van der Waals surface area (Å²) in [6.45, 7) is 2.91. The summed E-state index contributed by atoms with van der Waals surface area (Å²) in [6, 6.07) is 4.24. The summed E-state index contributed by atoms with van der Waals surface area (Å²) in [7, 11) is 0. The van der Waals surface area contributed by atoms with E-state index < -0.39 is 0 Å². The van der Waals surface area contributed by atoms with Crippen LogP contribution in [0.5, 0.6) is 0 Å². The molecule has 23 heavy (non-hydrogen) atoms. The SMILES string of the molecule is CCCCC(=O)NCCn1nc(-c2cccs2)n(C2CC2)c1=O. The quantitative estimate of drug-likeness (QED) is 0.806. The Morgan fingerprint density at radius 1 is 1.48 bits per heavy atom. The van der Waals surface area contributed by atoms with E-state index in [0.29, 0.717) is 19.5 Å². The maximum absolute atomic E-state index is 12.6. The standard InChI is InChI=1S/C16H22N4O2S/c1-2-3-6-14(21)17-9-10-19-16(22)20(12-7-8-12)15(18-19)13-5-4-11-23-13/h4-5,11-12H,2-3,6-10H2,1H3,(H,17,21). The maximum Gasteiger partial charge on any atom is 0.346 e. The first-order valence-electron chi connectivity index (χ1n) is 8.20. The highest BCUT2D eigenvalue weighted by Gasteiger charge is 2.30. The number of nitrogens with one attached hydrogen (secondary N) is 1. The van der Waals surface area contributed by atoms with Crippen molar-refractivity contribution in [1.29, 1.82) is 0 Å². The fraction of sp³-hybridized carbons (Fsp3) is 0.562. The molecule has 0 aliphatic heterocycles. The predicted molar refractivity (Wildman–Crippen MR) is 90.6 cm³/mol. The molecule has 0 atom stereocenters. The minimum Gasteiger partial charge on any atom is -0.354 e. The summed E-state index contributed by atoms with van der Waals surface area (Å²) in [6.07, 6.45) is 4.52. The minimum absolute atomic E-state index is 0.0417. The Morgan fingerprint density at radius 2 is 2.30 bits per heavy atom. The minimum atomic E-state index is -0.0706. The molecule has 124 valence electrons. The lowest BCUT2D eigenvalue weighted by Crippen LogP contribution is -2.32. The summed E-state index contributed by atoms with van der Waals surface area (Å²) in [5, 5.41) is 9.35. The van der Waals surface area contributed by atoms with Crippen LogP contribution in [-0.2, 0) is 11.3 Å². The van der Waals surface area contributed by atoms with Crippen LogP contribution < -0.4 is 11.0 Å². The van der Waals surface area contributed by atoms with Gasteiger partial charge in [0.25, 0.3) is 0 Å². The Bertz CT molecular complexity index is 713. The van der Waals surface area contributed by atoms with Gasteiger partial charge >= 0.3 is 5.69 Å². The Labute approximate surface area is 139 Å². The molecule has 2 aromatic rings. The second-order valence-electron chi connectivity index (χ2n) is 5.86. The second kappa shape index (κ2) is 7.12. The summed E-state index contributed by atoms with van der Waals surface area (Å²) in [5.41, 5.74) is -0.0706. The molecule has 1 amide bonds. The number of thiophene rings is 1. The van der Waals surface area contributed by atoms with E-state index >= 15 is 0 Å². The van der Waals surface area contributed by atoms with Gasteiger partial charge in [-0.2, -0.15) is 0 Å². The molecule has 0 saturated heterocycles. The van der Waals surface area contributed by atoms with Crippen molar-refractivity contribution in [3.8, 4) is 10.7 Å². The average Bonchev–Trinajstić information content (AvgIpc) is 3.12. The zero-order valence-electron chi connectivity index (χ0n) is 13.3. The maximum atomic E-state index is 12.6. The normalized spacial score (nSPS) is 14.1. The van der Waals surface area contributed by atoms with E-state index in [4.69, 9.17) is 0 Å². The predicted octanol–water partition coefficient (Wildman–Crippen LogP) is 2.41. The van der Waals surface area contributed by atoms with Gasteiger partial charge in [-0.25, -0.2) is 9.48 Å². The van der Waals surface area contributed by atoms with Gasteiger partial charge in [0, 0.05) is 19.0 Å². The highest BCUT2D eigenvalue weighted by Crippen LogP contribution is 2.37. The van der Waals surface area contributed by atoms with Crippen LogP contribution in [0.2, 0.25) is 0 Å². The first kappa shape index (κ1) is 16.0. The molecule has 0 bridgehead atoms. The van der Waals surface area contributed by atoms with Gasteiger partial charge in [0.1, 0.15) is 0 Å². The number of amides is 1. The van der Waals surface area contributed by atoms with Gasteiger partial charge in [-0.3, -0.25) is 9.36 Å². The van der Waals surface area contributed by atoms with Crippen LogP contribution in [0.4, 0.5) is 0 Å². The van der Waals surface area contributed by atoms with E-state index in [2.05, 4.69) is 17.3 Å². The van der Waals surface area contributed by atoms with Gasteiger partial charge in [-0.05, 0) is 30.7 Å². The van der Waals surface area contributed by atoms with Crippen LogP contribution in [0.1, 0.15) is 45.1 Å². The highest BCUT2D eigenvalue weighted by molar-refractivity contribution is 7.13. The third kappa shape index (κ3) is 3.72. The molecular weight excluding hydrogens is 312 g/mol. The number of carbonyl (C=O) groups is 1. The van der Waals surface area contributed by atoms with Gasteiger partial charge in [0.15, 0.2) is 5.82 Å². The van der Waals surface area contributed by atoms with Crippen molar-refractivity contribution in [2.24, 2.45) is 0 Å². The van der Waals surface area contributed by atoms with E-state index in [1.807, 2.05) is 22.1 Å². The smallest absolute Gasteiger partial charge is 0.346 e. The highest BCUT2D eigenvalue weighted by atomic mass is 32.1. The molecular formula is C16H22N4O2S. The number of unbranched alkanes of at least 4 members (excludes halogenated alkanes) is 1. The van der Waals surface area contributed by atoms with Gasteiger partial charge in [-0.1, -0.05) is 19.4 Å². The molecule has 0 spiro atoms. The zero-order valence-corrected chi connectivity index (χ0v) is 14.1. The molecule has 0 radical (unpaired) electrons. The van der Waals surface area contributed by atoms with E-state index in [-0.39, 0.29) is 17.6 Å². The summed E-state index contributed by atoms with van der Waals surface area (Å²) in [5.74, 6) is 0.796. The summed E-state index contributed by atoms with van der Waals surface area (Å²) in [4.78, 5) is 25.2. The monoisotopic (exact) mass is 334 g/mol. The molecule has 2 aromatic heterocycles.